The summed E-state index contributed by atoms with van der Waals surface area (Å²) in [6, 6.07) is 2.87. The van der Waals surface area contributed by atoms with Crippen LogP contribution < -0.4 is 0 Å². The molecular weight excluding hydrogens is 258 g/mol. The van der Waals surface area contributed by atoms with Crippen molar-refractivity contribution in [3.63, 3.8) is 0 Å². The quantitative estimate of drug-likeness (QED) is 0.857. The second kappa shape index (κ2) is 6.06. The van der Waals surface area contributed by atoms with Crippen LogP contribution in [0.3, 0.4) is 0 Å². The normalized spacial score (nSPS) is 50.6. The first-order valence-electron chi connectivity index (χ1n) is 13.2. The lowest BCUT2D eigenvalue weighted by atomic mass is 9.90. The van der Waals surface area contributed by atoms with Crippen molar-refractivity contribution in [3.8, 4) is 0 Å². The van der Waals surface area contributed by atoms with Gasteiger partial charge in [-0.25, -0.2) is 8.42 Å². The maximum Gasteiger partial charge on any atom is 0.175 e. The van der Waals surface area contributed by atoms with E-state index in [1.54, 1.807) is 0 Å². The first-order valence-corrected chi connectivity index (χ1v) is 6.72. The molecule has 1 aromatic carbocycles. The molecule has 3 nitrogen and oxygen atoms in total. The first-order chi connectivity index (χ1) is 15.1. The molecule has 19 heavy (non-hydrogen) atoms. The molecule has 1 aliphatic rings. The van der Waals surface area contributed by atoms with Crippen LogP contribution in [0.2, 0.25) is 0 Å². The topological polar surface area (TPSA) is 37.4 Å². The Morgan fingerprint density at radius 3 is 3.21 bits per heavy atom. The molecule has 2 rings (SSSR count). The van der Waals surface area contributed by atoms with Crippen LogP contribution >= 0.6 is 0 Å². The molecule has 1 aromatic rings. The van der Waals surface area contributed by atoms with Crippen LogP contribution in [0.5, 0.6) is 0 Å². The Balaban J connectivity index is 3.04. The lowest BCUT2D eigenvalue weighted by Crippen LogP contribution is -2.34. The molecule has 0 saturated carbocycles. The van der Waals surface area contributed by atoms with Gasteiger partial charge >= 0.3 is 0 Å². The summed E-state index contributed by atoms with van der Waals surface area (Å²) in [5.41, 5.74) is -0.935. The third-order valence-corrected chi connectivity index (χ3v) is 3.11. The van der Waals surface area contributed by atoms with Gasteiger partial charge in [-0.05, 0) is 55.7 Å². The highest BCUT2D eigenvalue weighted by atomic mass is 32.2. The fourth-order valence-corrected chi connectivity index (χ4v) is 1.98. The van der Waals surface area contributed by atoms with Gasteiger partial charge in [-0.2, -0.15) is 0 Å². The number of likely N-dealkylation sites (tertiary alicyclic amines) is 1. The van der Waals surface area contributed by atoms with Gasteiger partial charge in [-0.1, -0.05) is 19.1 Å². The number of rotatable bonds is 4. The highest BCUT2D eigenvalue weighted by Crippen LogP contribution is 2.28. The van der Waals surface area contributed by atoms with Crippen LogP contribution in [0.25, 0.3) is 0 Å². The van der Waals surface area contributed by atoms with E-state index in [2.05, 4.69) is 0 Å². The van der Waals surface area contributed by atoms with Gasteiger partial charge in [0.1, 0.15) is 0 Å². The predicted octanol–water partition coefficient (Wildman–Crippen LogP) is 2.68. The Kier molecular flexibility index (Phi) is 1.37. The summed E-state index contributed by atoms with van der Waals surface area (Å²) in [6.45, 7) is -10.8. The summed E-state index contributed by atoms with van der Waals surface area (Å²) in [4.78, 5) is -1.51. The van der Waals surface area contributed by atoms with E-state index in [1.165, 1.54) is 0 Å². The van der Waals surface area contributed by atoms with E-state index in [0.717, 1.165) is 18.2 Å². The molecule has 0 amide bonds. The molecule has 0 radical (unpaired) electrons. The molecule has 0 unspecified atom stereocenters. The molecule has 0 aromatic heterocycles. The van der Waals surface area contributed by atoms with E-state index >= 15 is 0 Å². The minimum Gasteiger partial charge on any atom is -0.303 e. The third-order valence-electron chi connectivity index (χ3n) is 2.24. The van der Waals surface area contributed by atoms with Crippen LogP contribution in [-0.2, 0) is 9.84 Å². The number of hydrogen-bond acceptors (Lipinski definition) is 3. The molecule has 0 N–H and O–H groups in total. The van der Waals surface area contributed by atoms with Gasteiger partial charge in [0.15, 0.2) is 9.84 Å². The summed E-state index contributed by atoms with van der Waals surface area (Å²) < 4.78 is 154. The average molecular weight is 298 g/mol. The van der Waals surface area contributed by atoms with E-state index in [-0.39, 0.29) is 0 Å². The first kappa shape index (κ1) is 4.31. The van der Waals surface area contributed by atoms with Crippen LogP contribution in [-0.4, -0.2) is 39.0 Å². The molecule has 0 aliphatic carbocycles. The lowest BCUT2D eigenvalue weighted by Gasteiger charge is -2.32. The van der Waals surface area contributed by atoms with Crippen molar-refractivity contribution in [3.05, 3.63) is 29.8 Å². The Hall–Kier alpha value is -0.870. The molecule has 1 atom stereocenters. The fourth-order valence-electron chi connectivity index (χ4n) is 1.44. The Labute approximate surface area is 139 Å². The Morgan fingerprint density at radius 1 is 1.63 bits per heavy atom. The van der Waals surface area contributed by atoms with Gasteiger partial charge in [0.2, 0.25) is 0 Å². The zero-order valence-corrected chi connectivity index (χ0v) is 10.8. The summed E-state index contributed by atoms with van der Waals surface area (Å²) in [7, 11) is -5.10. The number of benzene rings is 1. The summed E-state index contributed by atoms with van der Waals surface area (Å²) in [5.74, 6) is -3.64. The molecule has 4 heteroatoms. The lowest BCUT2D eigenvalue weighted by molar-refractivity contribution is 0.208. The van der Waals surface area contributed by atoms with E-state index in [9.17, 15) is 8.42 Å². The molecular formula is C15H23NO2S. The fraction of sp³-hybridized carbons (Fsp3) is 0.600. The summed E-state index contributed by atoms with van der Waals surface area (Å²) in [6.07, 6.45) is -14.4. The van der Waals surface area contributed by atoms with E-state index in [0.29, 0.717) is 13.0 Å². The smallest absolute Gasteiger partial charge is 0.175 e. The SMILES string of the molecule is [2H]C([2H])(C)C([2H])([2H])N1C([2H])([2H])C([2H])([2H])C([2H])([2H])[C@@]([2H])(c2cccc(S(=O)(=O)C([2H])([2H])[2H])c2)C1([2H])[2H]. The predicted molar refractivity (Wildman–Crippen MR) is 78.3 cm³/mol. The highest BCUT2D eigenvalue weighted by Gasteiger charge is 2.21. The second-order valence-electron chi connectivity index (χ2n) is 3.58. The number of nitrogens with zero attached hydrogens (tertiary/aromatic N) is 1. The Bertz CT molecular complexity index is 1110. The van der Waals surface area contributed by atoms with Crippen molar-refractivity contribution in [2.75, 3.05) is 25.7 Å². The minimum atomic E-state index is -5.10. The van der Waals surface area contributed by atoms with Crippen molar-refractivity contribution < 1.29 is 30.3 Å². The average Bonchev–Trinajstić information content (AvgIpc) is 2.63. The highest BCUT2D eigenvalue weighted by molar-refractivity contribution is 7.90. The molecule has 1 saturated heterocycles. The van der Waals surface area contributed by atoms with Gasteiger partial charge in [-0.15, -0.1) is 0 Å². The monoisotopic (exact) mass is 297 g/mol. The maximum atomic E-state index is 12.4. The van der Waals surface area contributed by atoms with Crippen molar-refractivity contribution in [1.82, 2.24) is 4.90 Å². The van der Waals surface area contributed by atoms with Crippen LogP contribution in [0, 0.1) is 0 Å². The largest absolute Gasteiger partial charge is 0.303 e. The molecule has 1 heterocycles. The van der Waals surface area contributed by atoms with Gasteiger partial charge in [0.25, 0.3) is 0 Å². The van der Waals surface area contributed by atoms with Crippen molar-refractivity contribution in [2.24, 2.45) is 0 Å². The molecule has 106 valence electrons. The maximum absolute atomic E-state index is 12.4. The van der Waals surface area contributed by atoms with E-state index in [1.807, 2.05) is 0 Å². The second-order valence-corrected chi connectivity index (χ2v) is 5.06. The number of piperidine rings is 1. The number of hydrogen-bond donors (Lipinski definition) is 0. The summed E-state index contributed by atoms with van der Waals surface area (Å²) >= 11 is 0. The van der Waals surface area contributed by atoms with Gasteiger partial charge in [0.05, 0.1) is 4.90 Å². The van der Waals surface area contributed by atoms with E-state index in [4.69, 9.17) is 21.9 Å². The molecule has 0 spiro atoms. The zero-order valence-electron chi connectivity index (χ0n) is 26.0. The Morgan fingerprint density at radius 2 is 2.47 bits per heavy atom. The van der Waals surface area contributed by atoms with Crippen LogP contribution in [0.15, 0.2) is 29.2 Å². The summed E-state index contributed by atoms with van der Waals surface area (Å²) in [5, 5.41) is 0. The van der Waals surface area contributed by atoms with Gasteiger partial charge in [-0.3, -0.25) is 0 Å². The molecule has 0 bridgehead atoms. The molecule has 1 aliphatic heterocycles. The molecule has 1 fully saturated rings. The van der Waals surface area contributed by atoms with Crippen molar-refractivity contribution >= 4 is 9.84 Å². The zero-order chi connectivity index (χ0) is 28.1. The van der Waals surface area contributed by atoms with E-state index < -0.39 is 75.9 Å². The van der Waals surface area contributed by atoms with Crippen LogP contribution in [0.4, 0.5) is 0 Å². The van der Waals surface area contributed by atoms with Crippen LogP contribution in [0.1, 0.15) is 59.4 Å². The third kappa shape index (κ3) is 3.80. The van der Waals surface area contributed by atoms with Crippen molar-refractivity contribution in [1.29, 1.82) is 0 Å². The van der Waals surface area contributed by atoms with Gasteiger partial charge < -0.3 is 4.90 Å². The minimum absolute atomic E-state index is 0.440. The van der Waals surface area contributed by atoms with Gasteiger partial charge in [0, 0.05) is 34.6 Å². The number of sulfone groups is 1. The van der Waals surface area contributed by atoms with Crippen molar-refractivity contribution in [2.45, 2.75) is 36.8 Å². The standard InChI is InChI=1S/C15H23NO2S/c1-3-9-16-10-5-7-14(12-16)13-6-4-8-15(11-13)19(2,17)18/h4,6,8,11,14H,3,5,7,9-10,12H2,1-2H3/t14-/m1/s1/i2D3,3D2,5D2,7D2,9D2,10D2,12D2,14D.